The van der Waals surface area contributed by atoms with Gasteiger partial charge in [-0.15, -0.1) is 0 Å². The molecule has 2 nitrogen and oxygen atoms in total. The minimum Gasteiger partial charge on any atom is -0.330 e. The molecule has 0 bridgehead atoms. The zero-order chi connectivity index (χ0) is 12.6. The maximum Gasteiger partial charge on any atom is 0.145 e. The molecule has 5 heteroatoms. The monoisotopic (exact) mass is 260 g/mol. The lowest BCUT2D eigenvalue weighted by molar-refractivity contribution is 0.312. The minimum absolute atomic E-state index is 0.0183. The molecule has 1 aromatic rings. The van der Waals surface area contributed by atoms with Crippen LogP contribution in [0, 0.1) is 17.6 Å². The summed E-state index contributed by atoms with van der Waals surface area (Å²) in [7, 11) is 1.94. The summed E-state index contributed by atoms with van der Waals surface area (Å²) in [5, 5.41) is -0.440. The quantitative estimate of drug-likeness (QED) is 0.828. The van der Waals surface area contributed by atoms with Crippen molar-refractivity contribution in [2.45, 2.75) is 12.5 Å². The third kappa shape index (κ3) is 2.44. The standard InChI is InChI=1S/C12H15ClF2N2/c1-17-6-7(5-16)2-11(17)8-3-9(14)12(13)10(15)4-8/h3-4,7,11H,2,5-6,16H2,1H3. The maximum absolute atomic E-state index is 13.4. The number of hydrogen-bond donors (Lipinski definition) is 1. The van der Waals surface area contributed by atoms with Crippen molar-refractivity contribution in [1.29, 1.82) is 0 Å². The highest BCUT2D eigenvalue weighted by Gasteiger charge is 2.30. The predicted octanol–water partition coefficient (Wildman–Crippen LogP) is 2.57. The number of nitrogens with two attached hydrogens (primary N) is 1. The third-order valence-corrected chi connectivity index (χ3v) is 3.72. The number of likely N-dealkylation sites (tertiary alicyclic amines) is 1. The van der Waals surface area contributed by atoms with Gasteiger partial charge < -0.3 is 5.73 Å². The second kappa shape index (κ2) is 4.88. The van der Waals surface area contributed by atoms with Crippen molar-refractivity contribution >= 4 is 11.6 Å². The highest BCUT2D eigenvalue weighted by atomic mass is 35.5. The minimum atomic E-state index is -0.703. The Hall–Kier alpha value is -0.710. The molecule has 94 valence electrons. The van der Waals surface area contributed by atoms with E-state index in [4.69, 9.17) is 17.3 Å². The molecule has 0 spiro atoms. The molecule has 1 aliphatic rings. The molecule has 2 N–H and O–H groups in total. The van der Waals surface area contributed by atoms with Gasteiger partial charge in [0.25, 0.3) is 0 Å². The largest absolute Gasteiger partial charge is 0.330 e. The molecular formula is C12H15ClF2N2. The number of benzene rings is 1. The lowest BCUT2D eigenvalue weighted by atomic mass is 10.00. The second-order valence-corrected chi connectivity index (χ2v) is 4.97. The van der Waals surface area contributed by atoms with Crippen LogP contribution in [-0.4, -0.2) is 25.0 Å². The van der Waals surface area contributed by atoms with Crippen molar-refractivity contribution in [2.24, 2.45) is 11.7 Å². The van der Waals surface area contributed by atoms with Crippen molar-refractivity contribution in [3.05, 3.63) is 34.4 Å². The smallest absolute Gasteiger partial charge is 0.145 e. The molecule has 2 atom stereocenters. The molecule has 0 amide bonds. The first-order chi connectivity index (χ1) is 8.02. The molecule has 1 heterocycles. The Balaban J connectivity index is 2.29. The fraction of sp³-hybridized carbons (Fsp3) is 0.500. The third-order valence-electron chi connectivity index (χ3n) is 3.36. The lowest BCUT2D eigenvalue weighted by Gasteiger charge is -2.19. The lowest BCUT2D eigenvalue weighted by Crippen LogP contribution is -2.20. The van der Waals surface area contributed by atoms with E-state index in [1.165, 1.54) is 12.1 Å². The van der Waals surface area contributed by atoms with Gasteiger partial charge in [0.1, 0.15) is 16.7 Å². The van der Waals surface area contributed by atoms with Crippen LogP contribution in [0.5, 0.6) is 0 Å². The summed E-state index contributed by atoms with van der Waals surface area (Å²) in [6.45, 7) is 1.45. The fourth-order valence-electron chi connectivity index (χ4n) is 2.43. The summed E-state index contributed by atoms with van der Waals surface area (Å²) < 4.78 is 26.8. The Morgan fingerprint density at radius 1 is 1.41 bits per heavy atom. The molecule has 1 aliphatic heterocycles. The molecule has 0 aromatic heterocycles. The Labute approximate surface area is 104 Å². The van der Waals surface area contributed by atoms with Crippen molar-refractivity contribution in [2.75, 3.05) is 20.1 Å². The van der Waals surface area contributed by atoms with Gasteiger partial charge in [0.15, 0.2) is 0 Å². The Kier molecular flexibility index (Phi) is 3.66. The zero-order valence-corrected chi connectivity index (χ0v) is 10.3. The Morgan fingerprint density at radius 3 is 2.47 bits per heavy atom. The average Bonchev–Trinajstić information content (AvgIpc) is 2.67. The number of hydrogen-bond acceptors (Lipinski definition) is 2. The highest BCUT2D eigenvalue weighted by molar-refractivity contribution is 6.30. The van der Waals surface area contributed by atoms with Gasteiger partial charge in [-0.3, -0.25) is 4.90 Å². The van der Waals surface area contributed by atoms with Gasteiger partial charge >= 0.3 is 0 Å². The van der Waals surface area contributed by atoms with E-state index in [0.717, 1.165) is 13.0 Å². The van der Waals surface area contributed by atoms with Crippen molar-refractivity contribution < 1.29 is 8.78 Å². The van der Waals surface area contributed by atoms with E-state index in [0.29, 0.717) is 18.0 Å². The first kappa shape index (κ1) is 12.7. The molecule has 2 unspecified atom stereocenters. The van der Waals surface area contributed by atoms with Crippen molar-refractivity contribution in [1.82, 2.24) is 4.90 Å². The highest BCUT2D eigenvalue weighted by Crippen LogP contribution is 2.35. The van der Waals surface area contributed by atoms with E-state index in [-0.39, 0.29) is 6.04 Å². The van der Waals surface area contributed by atoms with Crippen molar-refractivity contribution in [3.63, 3.8) is 0 Å². The van der Waals surface area contributed by atoms with E-state index in [1.54, 1.807) is 0 Å². The van der Waals surface area contributed by atoms with Gasteiger partial charge in [-0.2, -0.15) is 0 Å². The van der Waals surface area contributed by atoms with E-state index in [2.05, 4.69) is 4.90 Å². The molecule has 1 saturated heterocycles. The van der Waals surface area contributed by atoms with E-state index in [9.17, 15) is 8.78 Å². The fourth-order valence-corrected chi connectivity index (χ4v) is 2.54. The first-order valence-corrected chi connectivity index (χ1v) is 5.95. The molecule has 1 aromatic carbocycles. The predicted molar refractivity (Wildman–Crippen MR) is 63.9 cm³/mol. The molecule has 0 saturated carbocycles. The SMILES string of the molecule is CN1CC(CN)CC1c1cc(F)c(Cl)c(F)c1. The van der Waals surface area contributed by atoms with E-state index < -0.39 is 16.7 Å². The van der Waals surface area contributed by atoms with Gasteiger partial charge in [0, 0.05) is 12.6 Å². The van der Waals surface area contributed by atoms with Crippen LogP contribution < -0.4 is 5.73 Å². The van der Waals surface area contributed by atoms with Gasteiger partial charge in [-0.05, 0) is 43.6 Å². The summed E-state index contributed by atoms with van der Waals surface area (Å²) in [5.74, 6) is -1.02. The molecular weight excluding hydrogens is 246 g/mol. The van der Waals surface area contributed by atoms with Gasteiger partial charge in [0.05, 0.1) is 0 Å². The van der Waals surface area contributed by atoms with Crippen LogP contribution in [0.25, 0.3) is 0 Å². The van der Waals surface area contributed by atoms with Gasteiger partial charge in [0.2, 0.25) is 0 Å². The van der Waals surface area contributed by atoms with Crippen LogP contribution in [0.2, 0.25) is 5.02 Å². The molecule has 1 fully saturated rings. The average molecular weight is 261 g/mol. The zero-order valence-electron chi connectivity index (χ0n) is 9.59. The first-order valence-electron chi connectivity index (χ1n) is 5.57. The number of halogens is 3. The van der Waals surface area contributed by atoms with Crippen LogP contribution in [0.1, 0.15) is 18.0 Å². The molecule has 0 radical (unpaired) electrons. The molecule has 2 rings (SSSR count). The summed E-state index contributed by atoms with van der Waals surface area (Å²) in [5.41, 5.74) is 6.25. The Morgan fingerprint density at radius 2 is 2.00 bits per heavy atom. The topological polar surface area (TPSA) is 29.3 Å². The van der Waals surface area contributed by atoms with Crippen LogP contribution in [0.4, 0.5) is 8.78 Å². The van der Waals surface area contributed by atoms with Crippen molar-refractivity contribution in [3.8, 4) is 0 Å². The van der Waals surface area contributed by atoms with Crippen LogP contribution in [-0.2, 0) is 0 Å². The summed E-state index contributed by atoms with van der Waals surface area (Å²) in [6, 6.07) is 2.64. The number of rotatable bonds is 2. The summed E-state index contributed by atoms with van der Waals surface area (Å²) in [6.07, 6.45) is 0.827. The maximum atomic E-state index is 13.4. The molecule has 0 aliphatic carbocycles. The van der Waals surface area contributed by atoms with Crippen LogP contribution >= 0.6 is 11.6 Å². The van der Waals surface area contributed by atoms with Crippen LogP contribution in [0.15, 0.2) is 12.1 Å². The summed E-state index contributed by atoms with van der Waals surface area (Å²) >= 11 is 5.47. The second-order valence-electron chi connectivity index (χ2n) is 4.59. The number of nitrogens with zero attached hydrogens (tertiary/aromatic N) is 1. The Bertz CT molecular complexity index is 402. The van der Waals surface area contributed by atoms with Gasteiger partial charge in [-0.25, -0.2) is 8.78 Å². The normalized spacial score (nSPS) is 25.5. The molecule has 17 heavy (non-hydrogen) atoms. The van der Waals surface area contributed by atoms with E-state index >= 15 is 0 Å². The van der Waals surface area contributed by atoms with Crippen LogP contribution in [0.3, 0.4) is 0 Å². The van der Waals surface area contributed by atoms with E-state index in [1.807, 2.05) is 7.05 Å². The summed E-state index contributed by atoms with van der Waals surface area (Å²) in [4.78, 5) is 2.07. The van der Waals surface area contributed by atoms with Gasteiger partial charge in [-0.1, -0.05) is 11.6 Å².